The number of hydrogen-bond acceptors (Lipinski definition) is 4. The molecule has 4 rings (SSSR count). The third-order valence-electron chi connectivity index (χ3n) is 5.12. The lowest BCUT2D eigenvalue weighted by Crippen LogP contribution is -2.38. The van der Waals surface area contributed by atoms with Gasteiger partial charge in [0.05, 0.1) is 17.5 Å². The fraction of sp³-hybridized carbons (Fsp3) is 0.300. The van der Waals surface area contributed by atoms with E-state index >= 15 is 0 Å². The van der Waals surface area contributed by atoms with E-state index in [1.54, 1.807) is 24.3 Å². The predicted octanol–water partition coefficient (Wildman–Crippen LogP) is 3.22. The Kier molecular flexibility index (Phi) is 4.60. The first-order chi connectivity index (χ1) is 12.9. The maximum atomic E-state index is 12.6. The average molecular weight is 401 g/mol. The van der Waals surface area contributed by atoms with Gasteiger partial charge in [0, 0.05) is 16.5 Å². The minimum atomic E-state index is -3.08. The summed E-state index contributed by atoms with van der Waals surface area (Å²) >= 11 is 1.40. The molecule has 1 amide bonds. The molecule has 0 bridgehead atoms. The molecule has 0 unspecified atom stereocenters. The van der Waals surface area contributed by atoms with Gasteiger partial charge in [-0.1, -0.05) is 42.1 Å². The van der Waals surface area contributed by atoms with Gasteiger partial charge in [0.25, 0.3) is 5.91 Å². The van der Waals surface area contributed by atoms with E-state index in [4.69, 9.17) is 0 Å². The van der Waals surface area contributed by atoms with Crippen LogP contribution >= 0.6 is 11.8 Å². The van der Waals surface area contributed by atoms with Gasteiger partial charge in [-0.2, -0.15) is 4.99 Å². The van der Waals surface area contributed by atoms with Crippen LogP contribution in [-0.4, -0.2) is 42.3 Å². The lowest BCUT2D eigenvalue weighted by Gasteiger charge is -2.26. The van der Waals surface area contributed by atoms with Crippen molar-refractivity contribution in [3.05, 3.63) is 65.2 Å². The summed E-state index contributed by atoms with van der Waals surface area (Å²) in [6, 6.07) is 14.7. The number of anilines is 1. The van der Waals surface area contributed by atoms with Gasteiger partial charge < -0.3 is 4.90 Å². The lowest BCUT2D eigenvalue weighted by atomic mass is 10.1. The number of fused-ring (bicyclic) bond motifs is 1. The summed E-state index contributed by atoms with van der Waals surface area (Å²) in [7, 11) is -3.08. The number of aliphatic imine (C=N–C) groups is 1. The van der Waals surface area contributed by atoms with E-state index in [-0.39, 0.29) is 28.7 Å². The van der Waals surface area contributed by atoms with Crippen LogP contribution < -0.4 is 4.90 Å². The van der Waals surface area contributed by atoms with Crippen molar-refractivity contribution < 1.29 is 13.2 Å². The summed E-state index contributed by atoms with van der Waals surface area (Å²) in [6.45, 7) is 4.04. The molecule has 2 atom stereocenters. The van der Waals surface area contributed by atoms with Crippen molar-refractivity contribution in [1.82, 2.24) is 0 Å². The van der Waals surface area contributed by atoms with Crippen molar-refractivity contribution in [2.75, 3.05) is 16.4 Å². The fourth-order valence-corrected chi connectivity index (χ4v) is 7.48. The molecule has 2 aromatic rings. The number of thioether (sulfide) groups is 1. The van der Waals surface area contributed by atoms with Crippen molar-refractivity contribution in [2.45, 2.75) is 25.1 Å². The second-order valence-electron chi connectivity index (χ2n) is 6.96. The zero-order chi connectivity index (χ0) is 19.2. The number of amidine groups is 1. The molecule has 0 radical (unpaired) electrons. The van der Waals surface area contributed by atoms with Crippen LogP contribution in [0.1, 0.15) is 21.5 Å². The molecular weight excluding hydrogens is 380 g/mol. The number of benzene rings is 2. The summed E-state index contributed by atoms with van der Waals surface area (Å²) in [5, 5.41) is 0.486. The van der Waals surface area contributed by atoms with E-state index in [1.165, 1.54) is 11.8 Å². The molecule has 2 aliphatic rings. The Balaban J connectivity index is 1.78. The number of nitrogens with zero attached hydrogens (tertiary/aromatic N) is 2. The number of hydrogen-bond donors (Lipinski definition) is 0. The summed E-state index contributed by atoms with van der Waals surface area (Å²) < 4.78 is 24.4. The Morgan fingerprint density at radius 2 is 1.81 bits per heavy atom. The van der Waals surface area contributed by atoms with Crippen LogP contribution in [0.3, 0.4) is 0 Å². The molecule has 2 aromatic carbocycles. The van der Waals surface area contributed by atoms with Crippen LogP contribution in [0.25, 0.3) is 0 Å². The molecule has 2 fully saturated rings. The Bertz CT molecular complexity index is 1030. The van der Waals surface area contributed by atoms with Gasteiger partial charge in [-0.15, -0.1) is 0 Å². The molecular formula is C20H20N2O3S2. The van der Waals surface area contributed by atoms with Crippen LogP contribution in [0.5, 0.6) is 0 Å². The van der Waals surface area contributed by atoms with Crippen LogP contribution in [0, 0.1) is 13.8 Å². The third kappa shape index (κ3) is 3.41. The van der Waals surface area contributed by atoms with Crippen LogP contribution in [0.2, 0.25) is 0 Å². The molecule has 2 heterocycles. The average Bonchev–Trinajstić information content (AvgIpc) is 3.09. The highest BCUT2D eigenvalue weighted by atomic mass is 32.2. The molecule has 140 valence electrons. The number of rotatable bonds is 2. The summed E-state index contributed by atoms with van der Waals surface area (Å²) in [4.78, 5) is 19.0. The molecule has 0 spiro atoms. The number of amides is 1. The van der Waals surface area contributed by atoms with Gasteiger partial charge in [0.15, 0.2) is 15.0 Å². The van der Waals surface area contributed by atoms with Gasteiger partial charge in [0.2, 0.25) is 0 Å². The molecule has 7 heteroatoms. The van der Waals surface area contributed by atoms with Crippen molar-refractivity contribution in [3.8, 4) is 0 Å². The van der Waals surface area contributed by atoms with Crippen molar-refractivity contribution >= 4 is 38.4 Å². The van der Waals surface area contributed by atoms with Crippen molar-refractivity contribution in [2.24, 2.45) is 4.99 Å². The Morgan fingerprint density at radius 1 is 1.07 bits per heavy atom. The molecule has 0 aliphatic carbocycles. The zero-order valence-electron chi connectivity index (χ0n) is 15.1. The molecule has 0 saturated carbocycles. The molecule has 2 saturated heterocycles. The Morgan fingerprint density at radius 3 is 2.56 bits per heavy atom. The lowest BCUT2D eigenvalue weighted by molar-refractivity contribution is 0.100. The first-order valence-electron chi connectivity index (χ1n) is 8.76. The zero-order valence-corrected chi connectivity index (χ0v) is 16.8. The monoisotopic (exact) mass is 400 g/mol. The highest BCUT2D eigenvalue weighted by molar-refractivity contribution is 8.16. The molecule has 27 heavy (non-hydrogen) atoms. The van der Waals surface area contributed by atoms with E-state index in [1.807, 2.05) is 43.0 Å². The maximum absolute atomic E-state index is 12.6. The summed E-state index contributed by atoms with van der Waals surface area (Å²) in [6.07, 6.45) is 0. The highest BCUT2D eigenvalue weighted by Crippen LogP contribution is 2.42. The predicted molar refractivity (Wildman–Crippen MR) is 110 cm³/mol. The summed E-state index contributed by atoms with van der Waals surface area (Å²) in [5.74, 6) is -0.0880. The van der Waals surface area contributed by atoms with Crippen LogP contribution in [0.4, 0.5) is 5.69 Å². The van der Waals surface area contributed by atoms with Crippen molar-refractivity contribution in [3.63, 3.8) is 0 Å². The van der Waals surface area contributed by atoms with Crippen molar-refractivity contribution in [1.29, 1.82) is 0 Å². The van der Waals surface area contributed by atoms with E-state index in [2.05, 4.69) is 4.99 Å². The fourth-order valence-electron chi connectivity index (χ4n) is 3.57. The first-order valence-corrected chi connectivity index (χ1v) is 11.5. The number of sulfone groups is 1. The van der Waals surface area contributed by atoms with E-state index in [0.29, 0.717) is 10.7 Å². The third-order valence-corrected chi connectivity index (χ3v) is 8.33. The van der Waals surface area contributed by atoms with E-state index in [9.17, 15) is 13.2 Å². The Hall–Kier alpha value is -2.12. The normalized spacial score (nSPS) is 25.0. The van der Waals surface area contributed by atoms with Crippen LogP contribution in [-0.2, 0) is 9.84 Å². The summed E-state index contributed by atoms with van der Waals surface area (Å²) in [5.41, 5.74) is 3.64. The number of carbonyl (C=O) groups is 1. The second kappa shape index (κ2) is 6.80. The van der Waals surface area contributed by atoms with Crippen LogP contribution in [0.15, 0.2) is 53.5 Å². The molecule has 0 aromatic heterocycles. The first kappa shape index (κ1) is 18.3. The minimum absolute atomic E-state index is 0.0938. The van der Waals surface area contributed by atoms with E-state index < -0.39 is 9.84 Å². The minimum Gasteiger partial charge on any atom is -0.315 e. The second-order valence-corrected chi connectivity index (χ2v) is 10.3. The Labute approximate surface area is 163 Å². The topological polar surface area (TPSA) is 66.8 Å². The largest absolute Gasteiger partial charge is 0.315 e. The molecule has 2 aliphatic heterocycles. The number of carbonyl (C=O) groups excluding carboxylic acids is 1. The highest BCUT2D eigenvalue weighted by Gasteiger charge is 2.49. The SMILES string of the molecule is Cc1cccc(N2C(=NC(=O)c3ccccc3)S[C@H]3CS(=O)(=O)C[C@@H]32)c1C. The molecule has 0 N–H and O–H groups in total. The standard InChI is InChI=1S/C20H20N2O3S2/c1-13-7-6-10-16(14(13)2)22-17-11-27(24,25)12-18(17)26-20(22)21-19(23)15-8-4-3-5-9-15/h3-10,17-18H,11-12H2,1-2H3/t17-,18-/m0/s1. The van der Waals surface area contributed by atoms with Gasteiger partial charge in [-0.25, -0.2) is 8.42 Å². The number of aryl methyl sites for hydroxylation is 1. The van der Waals surface area contributed by atoms with Gasteiger partial charge >= 0.3 is 0 Å². The van der Waals surface area contributed by atoms with E-state index in [0.717, 1.165) is 16.8 Å². The molecule has 5 nitrogen and oxygen atoms in total. The van der Waals surface area contributed by atoms with Gasteiger partial charge in [0.1, 0.15) is 0 Å². The van der Waals surface area contributed by atoms with Gasteiger partial charge in [-0.05, 0) is 43.2 Å². The smallest absolute Gasteiger partial charge is 0.279 e. The maximum Gasteiger partial charge on any atom is 0.279 e. The quantitative estimate of drug-likeness (QED) is 0.774. The van der Waals surface area contributed by atoms with Gasteiger partial charge in [-0.3, -0.25) is 4.79 Å².